The molecule has 0 saturated carbocycles. The number of unbranched alkanes of at least 4 members (excludes halogenated alkanes) is 2. The minimum absolute atomic E-state index is 0.0984. The van der Waals surface area contributed by atoms with Gasteiger partial charge in [-0.05, 0) is 43.7 Å². The minimum atomic E-state index is -0.0984. The van der Waals surface area contributed by atoms with Gasteiger partial charge in [-0.15, -0.1) is 0 Å². The molecule has 3 aromatic rings. The average molecular weight is 480 g/mol. The van der Waals surface area contributed by atoms with Gasteiger partial charge in [-0.3, -0.25) is 0 Å². The Hall–Kier alpha value is -2.97. The summed E-state index contributed by atoms with van der Waals surface area (Å²) in [5.74, 6) is 2.26. The molecule has 1 atom stereocenters. The molecule has 8 nitrogen and oxygen atoms in total. The monoisotopic (exact) mass is 479 g/mol. The van der Waals surface area contributed by atoms with E-state index in [0.29, 0.717) is 36.6 Å². The van der Waals surface area contributed by atoms with Crippen LogP contribution in [-0.2, 0) is 11.3 Å². The molecule has 3 heterocycles. The van der Waals surface area contributed by atoms with Crippen LogP contribution in [0.2, 0.25) is 0 Å². The van der Waals surface area contributed by atoms with E-state index in [4.69, 9.17) is 24.4 Å². The van der Waals surface area contributed by atoms with Crippen LogP contribution >= 0.6 is 0 Å². The molecule has 188 valence electrons. The van der Waals surface area contributed by atoms with Gasteiger partial charge < -0.3 is 24.4 Å². The SMILES string of the molecule is CCCCCC(C)N(C)c1nc(N2CCOCC2)c2ccc(-c3ccc(OC)c(CO)c3)nc2n1. The molecule has 1 N–H and O–H groups in total. The number of hydrogen-bond donors (Lipinski definition) is 1. The van der Waals surface area contributed by atoms with Crippen molar-refractivity contribution in [3.05, 3.63) is 35.9 Å². The number of rotatable bonds is 10. The largest absolute Gasteiger partial charge is 0.496 e. The predicted molar refractivity (Wildman–Crippen MR) is 140 cm³/mol. The smallest absolute Gasteiger partial charge is 0.229 e. The standard InChI is InChI=1S/C27H37N5O3/c1-5-6-7-8-19(2)31(3)27-29-25-22(26(30-27)32-13-15-35-16-14-32)10-11-23(28-25)20-9-12-24(34-4)21(17-20)18-33/h9-12,17,19,33H,5-8,13-16,18H2,1-4H3. The second-order valence-corrected chi connectivity index (χ2v) is 9.15. The molecule has 0 aliphatic carbocycles. The van der Waals surface area contributed by atoms with Crippen molar-refractivity contribution in [2.45, 2.75) is 52.2 Å². The van der Waals surface area contributed by atoms with E-state index in [-0.39, 0.29) is 6.61 Å². The van der Waals surface area contributed by atoms with Gasteiger partial charge in [-0.2, -0.15) is 9.97 Å². The summed E-state index contributed by atoms with van der Waals surface area (Å²) < 4.78 is 10.9. The van der Waals surface area contributed by atoms with Crippen molar-refractivity contribution in [2.24, 2.45) is 0 Å². The normalized spacial score (nSPS) is 14.8. The number of ether oxygens (including phenoxy) is 2. The Bertz CT molecular complexity index is 1130. The summed E-state index contributed by atoms with van der Waals surface area (Å²) in [6.45, 7) is 7.32. The first-order valence-electron chi connectivity index (χ1n) is 12.6. The zero-order valence-electron chi connectivity index (χ0n) is 21.3. The fourth-order valence-corrected chi connectivity index (χ4v) is 4.46. The molecule has 1 aliphatic rings. The van der Waals surface area contributed by atoms with Gasteiger partial charge in [0.05, 0.1) is 38.0 Å². The molecule has 8 heteroatoms. The Morgan fingerprint density at radius 3 is 2.63 bits per heavy atom. The second-order valence-electron chi connectivity index (χ2n) is 9.15. The fraction of sp³-hybridized carbons (Fsp3) is 0.519. The highest BCUT2D eigenvalue weighted by Crippen LogP contribution is 2.31. The number of benzene rings is 1. The van der Waals surface area contributed by atoms with Crippen LogP contribution in [0.1, 0.15) is 45.1 Å². The van der Waals surface area contributed by atoms with Gasteiger partial charge in [0.1, 0.15) is 11.6 Å². The Morgan fingerprint density at radius 2 is 1.91 bits per heavy atom. The summed E-state index contributed by atoms with van der Waals surface area (Å²) in [4.78, 5) is 19.3. The molecule has 0 spiro atoms. The number of aliphatic hydroxyl groups excluding tert-OH is 1. The minimum Gasteiger partial charge on any atom is -0.496 e. The Kier molecular flexibility index (Phi) is 8.36. The summed E-state index contributed by atoms with van der Waals surface area (Å²) in [5.41, 5.74) is 3.10. The summed E-state index contributed by atoms with van der Waals surface area (Å²) in [6.07, 6.45) is 4.74. The zero-order valence-corrected chi connectivity index (χ0v) is 21.3. The molecule has 1 fully saturated rings. The lowest BCUT2D eigenvalue weighted by Gasteiger charge is -2.31. The average Bonchev–Trinajstić information content (AvgIpc) is 2.91. The molecular weight excluding hydrogens is 442 g/mol. The summed E-state index contributed by atoms with van der Waals surface area (Å²) in [7, 11) is 3.68. The van der Waals surface area contributed by atoms with Crippen LogP contribution in [0, 0.1) is 0 Å². The van der Waals surface area contributed by atoms with Crippen LogP contribution in [0.15, 0.2) is 30.3 Å². The predicted octanol–water partition coefficient (Wildman–Crippen LogP) is 4.43. The van der Waals surface area contributed by atoms with Crippen LogP contribution < -0.4 is 14.5 Å². The molecule has 1 saturated heterocycles. The van der Waals surface area contributed by atoms with E-state index in [1.165, 1.54) is 19.3 Å². The molecule has 0 bridgehead atoms. The van der Waals surface area contributed by atoms with E-state index in [9.17, 15) is 5.11 Å². The first-order chi connectivity index (χ1) is 17.0. The van der Waals surface area contributed by atoms with E-state index in [1.54, 1.807) is 7.11 Å². The quantitative estimate of drug-likeness (QED) is 0.428. The van der Waals surface area contributed by atoms with E-state index in [2.05, 4.69) is 36.8 Å². The Morgan fingerprint density at radius 1 is 1.11 bits per heavy atom. The highest BCUT2D eigenvalue weighted by atomic mass is 16.5. The van der Waals surface area contributed by atoms with Crippen LogP contribution in [0.4, 0.5) is 11.8 Å². The highest BCUT2D eigenvalue weighted by molar-refractivity contribution is 5.90. The lowest BCUT2D eigenvalue weighted by molar-refractivity contribution is 0.122. The molecule has 1 aliphatic heterocycles. The van der Waals surface area contributed by atoms with Gasteiger partial charge in [0.25, 0.3) is 0 Å². The molecule has 2 aromatic heterocycles. The zero-order chi connectivity index (χ0) is 24.8. The van der Waals surface area contributed by atoms with Crippen molar-refractivity contribution in [3.8, 4) is 17.0 Å². The van der Waals surface area contributed by atoms with Gasteiger partial charge in [-0.25, -0.2) is 4.98 Å². The van der Waals surface area contributed by atoms with Crippen molar-refractivity contribution in [2.75, 3.05) is 50.3 Å². The van der Waals surface area contributed by atoms with Gasteiger partial charge in [0, 0.05) is 37.3 Å². The van der Waals surface area contributed by atoms with E-state index < -0.39 is 0 Å². The lowest BCUT2D eigenvalue weighted by Crippen LogP contribution is -2.37. The second kappa shape index (κ2) is 11.6. The van der Waals surface area contributed by atoms with Gasteiger partial charge >= 0.3 is 0 Å². The van der Waals surface area contributed by atoms with E-state index in [0.717, 1.165) is 47.5 Å². The molecule has 0 amide bonds. The number of aromatic nitrogens is 3. The number of anilines is 2. The third-order valence-corrected chi connectivity index (χ3v) is 6.79. The van der Waals surface area contributed by atoms with Crippen LogP contribution in [0.5, 0.6) is 5.75 Å². The first kappa shape index (κ1) is 25.1. The van der Waals surface area contributed by atoms with Crippen LogP contribution in [-0.4, -0.2) is 66.6 Å². The van der Waals surface area contributed by atoms with Crippen molar-refractivity contribution in [3.63, 3.8) is 0 Å². The number of hydrogen-bond acceptors (Lipinski definition) is 8. The summed E-state index contributed by atoms with van der Waals surface area (Å²) in [5, 5.41) is 10.7. The van der Waals surface area contributed by atoms with Gasteiger partial charge in [0.15, 0.2) is 5.65 Å². The number of morpholine rings is 1. The summed E-state index contributed by atoms with van der Waals surface area (Å²) >= 11 is 0. The lowest BCUT2D eigenvalue weighted by atomic mass is 10.1. The topological polar surface area (TPSA) is 83.8 Å². The number of fused-ring (bicyclic) bond motifs is 1. The van der Waals surface area contributed by atoms with Crippen molar-refractivity contribution >= 4 is 22.8 Å². The molecule has 35 heavy (non-hydrogen) atoms. The first-order valence-corrected chi connectivity index (χ1v) is 12.6. The number of aliphatic hydroxyl groups is 1. The van der Waals surface area contributed by atoms with Crippen molar-refractivity contribution in [1.82, 2.24) is 15.0 Å². The van der Waals surface area contributed by atoms with E-state index >= 15 is 0 Å². The van der Waals surface area contributed by atoms with Crippen LogP contribution in [0.3, 0.4) is 0 Å². The maximum absolute atomic E-state index is 9.76. The summed E-state index contributed by atoms with van der Waals surface area (Å²) in [6, 6.07) is 10.1. The highest BCUT2D eigenvalue weighted by Gasteiger charge is 2.21. The molecular formula is C27H37N5O3. The number of pyridine rings is 1. The molecule has 4 rings (SSSR count). The number of nitrogens with zero attached hydrogens (tertiary/aromatic N) is 5. The third kappa shape index (κ3) is 5.65. The Labute approximate surface area is 207 Å². The molecule has 1 aromatic carbocycles. The molecule has 0 radical (unpaired) electrons. The maximum Gasteiger partial charge on any atom is 0.229 e. The fourth-order valence-electron chi connectivity index (χ4n) is 4.46. The van der Waals surface area contributed by atoms with Gasteiger partial charge in [-0.1, -0.05) is 26.2 Å². The van der Waals surface area contributed by atoms with Crippen molar-refractivity contribution < 1.29 is 14.6 Å². The molecule has 1 unspecified atom stereocenters. The maximum atomic E-state index is 9.76. The number of methoxy groups -OCH3 is 1. The Balaban J connectivity index is 1.76. The van der Waals surface area contributed by atoms with E-state index in [1.807, 2.05) is 24.3 Å². The third-order valence-electron chi connectivity index (χ3n) is 6.79. The van der Waals surface area contributed by atoms with Crippen LogP contribution in [0.25, 0.3) is 22.3 Å². The van der Waals surface area contributed by atoms with Crippen molar-refractivity contribution in [1.29, 1.82) is 0 Å². The van der Waals surface area contributed by atoms with Gasteiger partial charge in [0.2, 0.25) is 5.95 Å².